The van der Waals surface area contributed by atoms with E-state index >= 15 is 0 Å². The molecule has 2 N–H and O–H groups in total. The van der Waals surface area contributed by atoms with E-state index in [1.807, 2.05) is 0 Å². The van der Waals surface area contributed by atoms with Crippen molar-refractivity contribution in [1.29, 1.82) is 0 Å². The molecule has 0 aliphatic heterocycles. The summed E-state index contributed by atoms with van der Waals surface area (Å²) in [6, 6.07) is 19.5. The molecule has 0 spiro atoms. The predicted molar refractivity (Wildman–Crippen MR) is 101 cm³/mol. The van der Waals surface area contributed by atoms with Crippen LogP contribution in [-0.4, -0.2) is 16.0 Å². The Hall–Kier alpha value is -3.86. The van der Waals surface area contributed by atoms with Crippen molar-refractivity contribution in [1.82, 2.24) is 0 Å². The lowest BCUT2D eigenvalue weighted by Crippen LogP contribution is -2.18. The molecule has 0 aliphatic rings. The summed E-state index contributed by atoms with van der Waals surface area (Å²) in [5.41, 5.74) is -0.221. The third kappa shape index (κ3) is 2.75. The van der Waals surface area contributed by atoms with Crippen LogP contribution in [0.4, 0.5) is 0 Å². The number of carbonyl (C=O) groups excluding carboxylic acids is 1. The first-order chi connectivity index (χ1) is 13.1. The van der Waals surface area contributed by atoms with E-state index in [2.05, 4.69) is 0 Å². The molecule has 5 nitrogen and oxygen atoms in total. The number of fused-ring (bicyclic) bond motifs is 1. The van der Waals surface area contributed by atoms with Gasteiger partial charge in [-0.1, -0.05) is 60.7 Å². The molecule has 0 saturated heterocycles. The predicted octanol–water partition coefficient (Wildman–Crippen LogP) is 4.10. The molecule has 0 bridgehead atoms. The van der Waals surface area contributed by atoms with E-state index in [1.54, 1.807) is 60.7 Å². The summed E-state index contributed by atoms with van der Waals surface area (Å²) in [5, 5.41) is 20.0. The molecule has 0 saturated carbocycles. The summed E-state index contributed by atoms with van der Waals surface area (Å²) in [4.78, 5) is 26.3. The number of ketones is 1. The van der Waals surface area contributed by atoms with E-state index in [1.165, 1.54) is 12.1 Å². The zero-order valence-corrected chi connectivity index (χ0v) is 14.0. The van der Waals surface area contributed by atoms with Gasteiger partial charge in [0.1, 0.15) is 22.5 Å². The van der Waals surface area contributed by atoms with Gasteiger partial charge in [0.15, 0.2) is 11.3 Å². The molecule has 0 aliphatic carbocycles. The van der Waals surface area contributed by atoms with Crippen LogP contribution in [0.2, 0.25) is 0 Å². The lowest BCUT2D eigenvalue weighted by Gasteiger charge is -2.11. The normalized spacial score (nSPS) is 10.8. The third-order valence-corrected chi connectivity index (χ3v) is 4.30. The van der Waals surface area contributed by atoms with Crippen molar-refractivity contribution in [2.24, 2.45) is 0 Å². The molecule has 0 fully saturated rings. The van der Waals surface area contributed by atoms with Crippen molar-refractivity contribution in [3.8, 4) is 22.8 Å². The molecule has 4 aromatic rings. The Balaban J connectivity index is 2.13. The second-order valence-corrected chi connectivity index (χ2v) is 6.00. The monoisotopic (exact) mass is 358 g/mol. The van der Waals surface area contributed by atoms with Gasteiger partial charge in [-0.3, -0.25) is 9.59 Å². The van der Waals surface area contributed by atoms with Gasteiger partial charge in [-0.25, -0.2) is 0 Å². The highest BCUT2D eigenvalue weighted by Gasteiger charge is 2.25. The van der Waals surface area contributed by atoms with Gasteiger partial charge >= 0.3 is 0 Å². The Morgan fingerprint density at radius 3 is 2.04 bits per heavy atom. The summed E-state index contributed by atoms with van der Waals surface area (Å²) in [6.45, 7) is 0. The number of phenolic OH excluding ortho intramolecular Hbond substituents is 2. The van der Waals surface area contributed by atoms with E-state index in [4.69, 9.17) is 4.42 Å². The number of rotatable bonds is 3. The first-order valence-corrected chi connectivity index (χ1v) is 8.25. The standard InChI is InChI=1S/C22H14O5/c23-15-11-12-16(24)22-17(15)20(26)18(19(25)13-7-3-1-4-8-13)21(27-22)14-9-5-2-6-10-14/h1-12,23-24H. The fourth-order valence-electron chi connectivity index (χ4n) is 3.00. The van der Waals surface area contributed by atoms with Gasteiger partial charge in [-0.15, -0.1) is 0 Å². The van der Waals surface area contributed by atoms with Gasteiger partial charge in [0, 0.05) is 11.1 Å². The van der Waals surface area contributed by atoms with Gasteiger partial charge in [0.05, 0.1) is 0 Å². The molecular weight excluding hydrogens is 344 g/mol. The van der Waals surface area contributed by atoms with Crippen molar-refractivity contribution in [3.05, 3.63) is 94.1 Å². The maximum absolute atomic E-state index is 13.2. The maximum Gasteiger partial charge on any atom is 0.208 e. The Labute approximate surface area is 153 Å². The molecule has 132 valence electrons. The summed E-state index contributed by atoms with van der Waals surface area (Å²) in [5.74, 6) is -1.13. The summed E-state index contributed by atoms with van der Waals surface area (Å²) >= 11 is 0. The molecule has 0 amide bonds. The van der Waals surface area contributed by atoms with E-state index in [0.717, 1.165) is 0 Å². The van der Waals surface area contributed by atoms with Crippen LogP contribution in [0.5, 0.6) is 11.5 Å². The van der Waals surface area contributed by atoms with Crippen molar-refractivity contribution >= 4 is 16.8 Å². The van der Waals surface area contributed by atoms with E-state index in [9.17, 15) is 19.8 Å². The number of hydrogen-bond acceptors (Lipinski definition) is 5. The topological polar surface area (TPSA) is 87.7 Å². The van der Waals surface area contributed by atoms with Crippen LogP contribution in [0.1, 0.15) is 15.9 Å². The SMILES string of the molecule is O=C(c1ccccc1)c1c(-c2ccccc2)oc2c(O)ccc(O)c2c1=O. The van der Waals surface area contributed by atoms with Crippen LogP contribution in [0, 0.1) is 0 Å². The average Bonchev–Trinajstić information content (AvgIpc) is 2.71. The molecule has 5 heteroatoms. The largest absolute Gasteiger partial charge is 0.507 e. The van der Waals surface area contributed by atoms with E-state index in [-0.39, 0.29) is 33.8 Å². The highest BCUT2D eigenvalue weighted by atomic mass is 16.4. The smallest absolute Gasteiger partial charge is 0.208 e. The molecule has 1 heterocycles. The van der Waals surface area contributed by atoms with Crippen molar-refractivity contribution in [3.63, 3.8) is 0 Å². The zero-order chi connectivity index (χ0) is 19.0. The highest BCUT2D eigenvalue weighted by molar-refractivity contribution is 6.13. The minimum absolute atomic E-state index is 0.0443. The Bertz CT molecular complexity index is 1210. The molecule has 0 atom stereocenters. The molecule has 1 aromatic heterocycles. The molecule has 0 unspecified atom stereocenters. The van der Waals surface area contributed by atoms with Crippen molar-refractivity contribution in [2.75, 3.05) is 0 Å². The fourth-order valence-corrected chi connectivity index (χ4v) is 3.00. The molecular formula is C22H14O5. The first kappa shape index (κ1) is 16.6. The van der Waals surface area contributed by atoms with Gasteiger partial charge < -0.3 is 14.6 Å². The Kier molecular flexibility index (Phi) is 3.97. The van der Waals surface area contributed by atoms with Crippen LogP contribution in [0.15, 0.2) is 82.0 Å². The van der Waals surface area contributed by atoms with E-state index < -0.39 is 11.2 Å². The number of aromatic hydroxyl groups is 2. The summed E-state index contributed by atoms with van der Waals surface area (Å²) in [7, 11) is 0. The Morgan fingerprint density at radius 1 is 0.778 bits per heavy atom. The minimum Gasteiger partial charge on any atom is -0.507 e. The number of carbonyl (C=O) groups is 1. The summed E-state index contributed by atoms with van der Waals surface area (Å²) < 4.78 is 5.78. The fraction of sp³-hybridized carbons (Fsp3) is 0. The zero-order valence-electron chi connectivity index (χ0n) is 14.0. The van der Waals surface area contributed by atoms with Crippen molar-refractivity contribution in [2.45, 2.75) is 0 Å². The average molecular weight is 358 g/mol. The molecule has 27 heavy (non-hydrogen) atoms. The van der Waals surface area contributed by atoms with Crippen LogP contribution in [0.25, 0.3) is 22.3 Å². The maximum atomic E-state index is 13.2. The van der Waals surface area contributed by atoms with Gasteiger partial charge in [0.2, 0.25) is 11.2 Å². The van der Waals surface area contributed by atoms with Crippen molar-refractivity contribution < 1.29 is 19.4 Å². The number of phenols is 2. The van der Waals surface area contributed by atoms with Crippen LogP contribution in [0.3, 0.4) is 0 Å². The second kappa shape index (κ2) is 6.46. The third-order valence-electron chi connectivity index (χ3n) is 4.30. The number of benzene rings is 3. The quantitative estimate of drug-likeness (QED) is 0.425. The lowest BCUT2D eigenvalue weighted by molar-refractivity contribution is 0.103. The van der Waals surface area contributed by atoms with Crippen LogP contribution in [-0.2, 0) is 0 Å². The Morgan fingerprint density at radius 2 is 1.37 bits per heavy atom. The highest BCUT2D eigenvalue weighted by Crippen LogP contribution is 2.35. The second-order valence-electron chi connectivity index (χ2n) is 6.00. The summed E-state index contributed by atoms with van der Waals surface area (Å²) in [6.07, 6.45) is 0. The number of hydrogen-bond donors (Lipinski definition) is 2. The van der Waals surface area contributed by atoms with Crippen LogP contribution >= 0.6 is 0 Å². The molecule has 4 rings (SSSR count). The van der Waals surface area contributed by atoms with Gasteiger partial charge in [0.25, 0.3) is 0 Å². The van der Waals surface area contributed by atoms with Gasteiger partial charge in [-0.2, -0.15) is 0 Å². The lowest BCUT2D eigenvalue weighted by atomic mass is 9.97. The van der Waals surface area contributed by atoms with E-state index in [0.29, 0.717) is 11.1 Å². The van der Waals surface area contributed by atoms with Gasteiger partial charge in [-0.05, 0) is 12.1 Å². The molecule has 3 aromatic carbocycles. The minimum atomic E-state index is -0.697. The first-order valence-electron chi connectivity index (χ1n) is 8.25. The van der Waals surface area contributed by atoms with Crippen LogP contribution < -0.4 is 5.43 Å². The molecule has 0 radical (unpaired) electrons.